The average molecular weight is 274 g/mol. The third-order valence-corrected chi connectivity index (χ3v) is 3.49. The quantitative estimate of drug-likeness (QED) is 0.806. The van der Waals surface area contributed by atoms with E-state index in [4.69, 9.17) is 0 Å². The summed E-state index contributed by atoms with van der Waals surface area (Å²) in [6.07, 6.45) is 2.60. The number of nitrogens with one attached hydrogen (secondary N) is 1. The number of hydrogen-bond donors (Lipinski definition) is 2. The van der Waals surface area contributed by atoms with E-state index in [9.17, 15) is 5.11 Å². The van der Waals surface area contributed by atoms with Crippen LogP contribution in [0.2, 0.25) is 0 Å². The van der Waals surface area contributed by atoms with Gasteiger partial charge in [-0.25, -0.2) is 9.67 Å². The number of hydrogen-bond acceptors (Lipinski definition) is 4. The summed E-state index contributed by atoms with van der Waals surface area (Å²) in [6, 6.07) is 9.95. The summed E-state index contributed by atoms with van der Waals surface area (Å²) in [7, 11) is 0. The van der Waals surface area contributed by atoms with Crippen molar-refractivity contribution in [2.45, 2.75) is 38.9 Å². The number of aromatic nitrogens is 3. The van der Waals surface area contributed by atoms with Gasteiger partial charge in [0, 0.05) is 6.54 Å². The van der Waals surface area contributed by atoms with Gasteiger partial charge in [-0.05, 0) is 18.9 Å². The summed E-state index contributed by atoms with van der Waals surface area (Å²) < 4.78 is 1.90. The molecular formula is C15H22N4O. The monoisotopic (exact) mass is 274 g/mol. The van der Waals surface area contributed by atoms with Crippen LogP contribution in [0.5, 0.6) is 0 Å². The summed E-state index contributed by atoms with van der Waals surface area (Å²) >= 11 is 0. The van der Waals surface area contributed by atoms with E-state index >= 15 is 0 Å². The summed E-state index contributed by atoms with van der Waals surface area (Å²) in [4.78, 5) is 4.27. The van der Waals surface area contributed by atoms with Crippen molar-refractivity contribution in [3.8, 4) is 0 Å². The fourth-order valence-corrected chi connectivity index (χ4v) is 2.15. The van der Waals surface area contributed by atoms with Crippen molar-refractivity contribution >= 4 is 0 Å². The Labute approximate surface area is 119 Å². The molecule has 1 heterocycles. The van der Waals surface area contributed by atoms with Gasteiger partial charge < -0.3 is 5.11 Å². The molecule has 1 aromatic carbocycles. The van der Waals surface area contributed by atoms with Gasteiger partial charge in [-0.2, -0.15) is 5.10 Å². The second-order valence-corrected chi connectivity index (χ2v) is 5.11. The van der Waals surface area contributed by atoms with E-state index in [0.717, 1.165) is 24.4 Å². The zero-order valence-corrected chi connectivity index (χ0v) is 12.1. The van der Waals surface area contributed by atoms with Crippen LogP contribution in [-0.4, -0.2) is 26.5 Å². The van der Waals surface area contributed by atoms with Crippen LogP contribution < -0.4 is 5.32 Å². The second-order valence-electron chi connectivity index (χ2n) is 5.11. The van der Waals surface area contributed by atoms with Crippen LogP contribution >= 0.6 is 0 Å². The summed E-state index contributed by atoms with van der Waals surface area (Å²) in [6.45, 7) is 5.56. The van der Waals surface area contributed by atoms with Gasteiger partial charge in [-0.1, -0.05) is 37.3 Å². The lowest BCUT2D eigenvalue weighted by atomic mass is 9.93. The molecule has 0 fully saturated rings. The second kappa shape index (κ2) is 6.63. The first-order valence-electron chi connectivity index (χ1n) is 6.97. The van der Waals surface area contributed by atoms with Crippen molar-refractivity contribution in [3.05, 3.63) is 48.0 Å². The number of benzene rings is 1. The average Bonchev–Trinajstić information content (AvgIpc) is 2.93. The highest BCUT2D eigenvalue weighted by atomic mass is 16.3. The Balaban J connectivity index is 2.09. The molecule has 5 heteroatoms. The lowest BCUT2D eigenvalue weighted by Gasteiger charge is -2.29. The molecule has 0 radical (unpaired) electrons. The van der Waals surface area contributed by atoms with Crippen LogP contribution in [0.4, 0.5) is 0 Å². The Bertz CT molecular complexity index is 526. The zero-order valence-electron chi connectivity index (χ0n) is 12.1. The molecule has 0 bridgehead atoms. The van der Waals surface area contributed by atoms with E-state index < -0.39 is 5.54 Å². The van der Waals surface area contributed by atoms with Gasteiger partial charge in [0.2, 0.25) is 0 Å². The number of aliphatic hydroxyl groups is 1. The first-order valence-corrected chi connectivity index (χ1v) is 6.97. The number of rotatable bonds is 7. The van der Waals surface area contributed by atoms with Crippen LogP contribution in [0.25, 0.3) is 0 Å². The van der Waals surface area contributed by atoms with Crippen molar-refractivity contribution in [1.82, 2.24) is 20.1 Å². The molecule has 0 spiro atoms. The van der Waals surface area contributed by atoms with Crippen LogP contribution in [-0.2, 0) is 18.6 Å². The highest BCUT2D eigenvalue weighted by Gasteiger charge is 2.25. The maximum absolute atomic E-state index is 9.73. The molecule has 108 valence electrons. The van der Waals surface area contributed by atoms with Gasteiger partial charge >= 0.3 is 0 Å². The molecule has 2 rings (SSSR count). The van der Waals surface area contributed by atoms with Crippen LogP contribution in [0, 0.1) is 0 Å². The van der Waals surface area contributed by atoms with E-state index in [0.29, 0.717) is 6.54 Å². The van der Waals surface area contributed by atoms with Gasteiger partial charge in [-0.15, -0.1) is 0 Å². The van der Waals surface area contributed by atoms with E-state index in [1.165, 1.54) is 0 Å². The Morgan fingerprint density at radius 2 is 2.05 bits per heavy atom. The maximum Gasteiger partial charge on any atom is 0.140 e. The van der Waals surface area contributed by atoms with E-state index in [-0.39, 0.29) is 6.61 Å². The molecule has 1 aromatic heterocycles. The smallest absolute Gasteiger partial charge is 0.140 e. The molecule has 20 heavy (non-hydrogen) atoms. The minimum atomic E-state index is -0.482. The standard InChI is InChI=1S/C15H22N4O/c1-3-9-19-14(16-12-18-19)10-17-15(2,11-20)13-7-5-4-6-8-13/h4-8,12,17,20H,3,9-11H2,1-2H3. The molecule has 0 aliphatic heterocycles. The minimum absolute atomic E-state index is 0.0267. The van der Waals surface area contributed by atoms with Gasteiger partial charge in [0.1, 0.15) is 12.2 Å². The predicted molar refractivity (Wildman–Crippen MR) is 78.0 cm³/mol. The highest BCUT2D eigenvalue weighted by molar-refractivity contribution is 5.23. The molecule has 2 N–H and O–H groups in total. The minimum Gasteiger partial charge on any atom is -0.394 e. The van der Waals surface area contributed by atoms with Crippen LogP contribution in [0.1, 0.15) is 31.7 Å². The largest absolute Gasteiger partial charge is 0.394 e. The lowest BCUT2D eigenvalue weighted by Crippen LogP contribution is -2.42. The van der Waals surface area contributed by atoms with Crippen molar-refractivity contribution in [3.63, 3.8) is 0 Å². The third kappa shape index (κ3) is 3.23. The first kappa shape index (κ1) is 14.7. The van der Waals surface area contributed by atoms with E-state index in [2.05, 4.69) is 22.3 Å². The SMILES string of the molecule is CCCn1ncnc1CNC(C)(CO)c1ccccc1. The number of aliphatic hydroxyl groups excluding tert-OH is 1. The Morgan fingerprint density at radius 3 is 2.70 bits per heavy atom. The molecule has 0 aliphatic rings. The normalized spacial score (nSPS) is 14.2. The van der Waals surface area contributed by atoms with Gasteiger partial charge in [0.05, 0.1) is 18.7 Å². The maximum atomic E-state index is 9.73. The van der Waals surface area contributed by atoms with E-state index in [1.54, 1.807) is 6.33 Å². The van der Waals surface area contributed by atoms with Gasteiger partial charge in [0.25, 0.3) is 0 Å². The van der Waals surface area contributed by atoms with Gasteiger partial charge in [-0.3, -0.25) is 5.32 Å². The molecule has 2 aromatic rings. The molecule has 1 unspecified atom stereocenters. The fraction of sp³-hybridized carbons (Fsp3) is 0.467. The zero-order chi connectivity index (χ0) is 14.4. The Hall–Kier alpha value is -1.72. The number of aryl methyl sites for hydroxylation is 1. The summed E-state index contributed by atoms with van der Waals surface area (Å²) in [5.74, 6) is 0.891. The molecular weight excluding hydrogens is 252 g/mol. The van der Waals surface area contributed by atoms with Crippen LogP contribution in [0.15, 0.2) is 36.7 Å². The molecule has 0 aliphatic carbocycles. The summed E-state index contributed by atoms with van der Waals surface area (Å²) in [5.41, 5.74) is 0.577. The molecule has 5 nitrogen and oxygen atoms in total. The molecule has 0 saturated heterocycles. The molecule has 0 amide bonds. The predicted octanol–water partition coefficient (Wildman–Crippen LogP) is 1.69. The Morgan fingerprint density at radius 1 is 1.30 bits per heavy atom. The van der Waals surface area contributed by atoms with Gasteiger partial charge in [0.15, 0.2) is 0 Å². The molecule has 1 atom stereocenters. The van der Waals surface area contributed by atoms with Crippen molar-refractivity contribution < 1.29 is 5.11 Å². The fourth-order valence-electron chi connectivity index (χ4n) is 2.15. The summed E-state index contributed by atoms with van der Waals surface area (Å²) in [5, 5.41) is 17.3. The third-order valence-electron chi connectivity index (χ3n) is 3.49. The number of nitrogens with zero attached hydrogens (tertiary/aromatic N) is 3. The van der Waals surface area contributed by atoms with Crippen molar-refractivity contribution in [2.24, 2.45) is 0 Å². The first-order chi connectivity index (χ1) is 9.69. The van der Waals surface area contributed by atoms with Crippen molar-refractivity contribution in [2.75, 3.05) is 6.61 Å². The van der Waals surface area contributed by atoms with Crippen LogP contribution in [0.3, 0.4) is 0 Å². The highest BCUT2D eigenvalue weighted by Crippen LogP contribution is 2.20. The van der Waals surface area contributed by atoms with E-state index in [1.807, 2.05) is 41.9 Å². The topological polar surface area (TPSA) is 63.0 Å². The Kier molecular flexibility index (Phi) is 4.87. The van der Waals surface area contributed by atoms with Crippen molar-refractivity contribution in [1.29, 1.82) is 0 Å². The molecule has 0 saturated carbocycles. The lowest BCUT2D eigenvalue weighted by molar-refractivity contribution is 0.172.